The van der Waals surface area contributed by atoms with E-state index in [0.717, 1.165) is 22.9 Å². The van der Waals surface area contributed by atoms with Crippen LogP contribution in [0.15, 0.2) is 12.1 Å². The quantitative estimate of drug-likeness (QED) is 0.604. The molecule has 4 heteroatoms. The maximum absolute atomic E-state index is 5.30. The van der Waals surface area contributed by atoms with Gasteiger partial charge in [0.05, 0.1) is 11.4 Å². The molecule has 0 aliphatic carbocycles. The number of hydrogen-bond acceptors (Lipinski definition) is 4. The first-order chi connectivity index (χ1) is 5.93. The minimum absolute atomic E-state index is 0.554. The molecule has 0 aromatic heterocycles. The summed E-state index contributed by atoms with van der Waals surface area (Å²) in [6, 6.07) is 3.91. The summed E-state index contributed by atoms with van der Waals surface area (Å²) in [5.74, 6) is 1.75. The van der Waals surface area contributed by atoms with Gasteiger partial charge >= 0.3 is 0 Å². The van der Waals surface area contributed by atoms with Crippen molar-refractivity contribution in [3.05, 3.63) is 12.1 Å². The number of rotatable bonds is 0. The second-order valence-corrected chi connectivity index (χ2v) is 2.78. The molecule has 3 rings (SSSR count). The largest absolute Gasteiger partial charge is 0.471 e. The third-order valence-electron chi connectivity index (χ3n) is 2.06. The van der Waals surface area contributed by atoms with E-state index in [-0.39, 0.29) is 0 Å². The van der Waals surface area contributed by atoms with Gasteiger partial charge in [-0.2, -0.15) is 0 Å². The van der Waals surface area contributed by atoms with Crippen molar-refractivity contribution in [3.8, 4) is 11.5 Å². The van der Waals surface area contributed by atoms with Crippen molar-refractivity contribution in [3.63, 3.8) is 0 Å². The molecular formula is C8H8N2O2. The normalized spacial score (nSPS) is 16.7. The van der Waals surface area contributed by atoms with Crippen molar-refractivity contribution in [2.24, 2.45) is 0 Å². The fourth-order valence-corrected chi connectivity index (χ4v) is 1.46. The van der Waals surface area contributed by atoms with Crippen molar-refractivity contribution >= 4 is 11.4 Å². The second-order valence-electron chi connectivity index (χ2n) is 2.78. The van der Waals surface area contributed by atoms with E-state index in [0.29, 0.717) is 13.5 Å². The highest BCUT2D eigenvalue weighted by atomic mass is 16.5. The molecule has 12 heavy (non-hydrogen) atoms. The van der Waals surface area contributed by atoms with Crippen LogP contribution in [0.5, 0.6) is 11.5 Å². The molecule has 2 N–H and O–H groups in total. The Labute approximate surface area is 69.5 Å². The minimum atomic E-state index is 0.554. The maximum atomic E-state index is 5.30. The summed E-state index contributed by atoms with van der Waals surface area (Å²) >= 11 is 0. The second kappa shape index (κ2) is 1.97. The lowest BCUT2D eigenvalue weighted by Crippen LogP contribution is -1.98. The zero-order chi connectivity index (χ0) is 7.97. The Hall–Kier alpha value is -1.58. The van der Waals surface area contributed by atoms with E-state index in [1.54, 1.807) is 0 Å². The van der Waals surface area contributed by atoms with Crippen LogP contribution in [0.1, 0.15) is 0 Å². The van der Waals surface area contributed by atoms with Gasteiger partial charge in [-0.25, -0.2) is 0 Å². The van der Waals surface area contributed by atoms with Crippen LogP contribution in [-0.4, -0.2) is 13.5 Å². The van der Waals surface area contributed by atoms with Crippen molar-refractivity contribution < 1.29 is 9.47 Å². The highest BCUT2D eigenvalue weighted by Gasteiger charge is 2.18. The smallest absolute Gasteiger partial charge is 0.159 e. The van der Waals surface area contributed by atoms with Gasteiger partial charge in [-0.1, -0.05) is 0 Å². The molecule has 0 fully saturated rings. The lowest BCUT2D eigenvalue weighted by molar-refractivity contribution is 0.357. The summed E-state index contributed by atoms with van der Waals surface area (Å²) in [5, 5.41) is 6.22. The Morgan fingerprint density at radius 3 is 2.08 bits per heavy atom. The number of anilines is 2. The molecule has 0 atom stereocenters. The highest BCUT2D eigenvalue weighted by molar-refractivity contribution is 5.73. The van der Waals surface area contributed by atoms with Crippen molar-refractivity contribution in [1.29, 1.82) is 0 Å². The molecule has 0 spiro atoms. The summed E-state index contributed by atoms with van der Waals surface area (Å²) in [6.45, 7) is 1.11. The van der Waals surface area contributed by atoms with E-state index in [1.165, 1.54) is 0 Å². The van der Waals surface area contributed by atoms with Gasteiger partial charge in [0.25, 0.3) is 0 Å². The first kappa shape index (κ1) is 5.99. The molecule has 1 aromatic carbocycles. The van der Waals surface area contributed by atoms with Crippen LogP contribution >= 0.6 is 0 Å². The maximum Gasteiger partial charge on any atom is 0.159 e. The summed E-state index contributed by atoms with van der Waals surface area (Å²) in [4.78, 5) is 0. The first-order valence-corrected chi connectivity index (χ1v) is 3.85. The number of hydrogen-bond donors (Lipinski definition) is 2. The van der Waals surface area contributed by atoms with Crippen LogP contribution in [0.2, 0.25) is 0 Å². The minimum Gasteiger partial charge on any atom is -0.471 e. The standard InChI is InChI=1S/C8H8N2O2/c1-5-7(11-3-9-5)2-8-6(1)10-4-12-8/h1-2,9-10H,3-4H2. The third kappa shape index (κ3) is 0.664. The molecule has 4 nitrogen and oxygen atoms in total. The van der Waals surface area contributed by atoms with E-state index in [1.807, 2.05) is 12.1 Å². The average Bonchev–Trinajstić information content (AvgIpc) is 2.64. The Bertz CT molecular complexity index is 278. The third-order valence-corrected chi connectivity index (χ3v) is 2.06. The van der Waals surface area contributed by atoms with E-state index >= 15 is 0 Å². The molecule has 0 radical (unpaired) electrons. The molecule has 2 aliphatic rings. The van der Waals surface area contributed by atoms with Crippen molar-refractivity contribution in [2.45, 2.75) is 0 Å². The van der Waals surface area contributed by atoms with Crippen LogP contribution in [0, 0.1) is 0 Å². The van der Waals surface area contributed by atoms with E-state index in [4.69, 9.17) is 9.47 Å². The summed E-state index contributed by atoms with van der Waals surface area (Å²) in [7, 11) is 0. The molecule has 2 aliphatic heterocycles. The topological polar surface area (TPSA) is 42.5 Å². The van der Waals surface area contributed by atoms with Crippen LogP contribution in [0.4, 0.5) is 11.4 Å². The first-order valence-electron chi connectivity index (χ1n) is 3.85. The van der Waals surface area contributed by atoms with Gasteiger partial charge in [0.2, 0.25) is 0 Å². The van der Waals surface area contributed by atoms with Gasteiger partial charge in [0.15, 0.2) is 13.5 Å². The monoisotopic (exact) mass is 164 g/mol. The van der Waals surface area contributed by atoms with Crippen LogP contribution in [-0.2, 0) is 0 Å². The van der Waals surface area contributed by atoms with Crippen molar-refractivity contribution in [1.82, 2.24) is 0 Å². The summed E-state index contributed by atoms with van der Waals surface area (Å²) < 4.78 is 10.6. The van der Waals surface area contributed by atoms with Crippen molar-refractivity contribution in [2.75, 3.05) is 24.1 Å². The summed E-state index contributed by atoms with van der Waals surface area (Å²) in [5.41, 5.74) is 2.07. The Balaban J connectivity index is 2.18. The highest BCUT2D eigenvalue weighted by Crippen LogP contribution is 2.40. The molecule has 1 aromatic rings. The Morgan fingerprint density at radius 2 is 1.50 bits per heavy atom. The van der Waals surface area contributed by atoms with Crippen LogP contribution in [0.25, 0.3) is 0 Å². The molecular weight excluding hydrogens is 156 g/mol. The van der Waals surface area contributed by atoms with Gasteiger partial charge in [0.1, 0.15) is 11.5 Å². The number of benzene rings is 1. The molecule has 0 bridgehead atoms. The molecule has 0 saturated carbocycles. The SMILES string of the molecule is c1c2c(cc3c1NCO3)OCN2. The average molecular weight is 164 g/mol. The van der Waals surface area contributed by atoms with E-state index in [9.17, 15) is 0 Å². The fraction of sp³-hybridized carbons (Fsp3) is 0.250. The lowest BCUT2D eigenvalue weighted by atomic mass is 10.2. The van der Waals surface area contributed by atoms with Crippen LogP contribution in [0.3, 0.4) is 0 Å². The fourth-order valence-electron chi connectivity index (χ4n) is 1.46. The van der Waals surface area contributed by atoms with Gasteiger partial charge in [0, 0.05) is 6.07 Å². The predicted octanol–water partition coefficient (Wildman–Crippen LogP) is 1.21. The Kier molecular flexibility index (Phi) is 0.983. The summed E-state index contributed by atoms with van der Waals surface area (Å²) in [6.07, 6.45) is 0. The molecule has 0 unspecified atom stereocenters. The Morgan fingerprint density at radius 1 is 0.917 bits per heavy atom. The molecule has 0 saturated heterocycles. The zero-order valence-corrected chi connectivity index (χ0v) is 6.39. The van der Waals surface area contributed by atoms with Gasteiger partial charge in [-0.3, -0.25) is 0 Å². The lowest BCUT2D eigenvalue weighted by Gasteiger charge is -2.00. The number of ether oxygens (including phenoxy) is 2. The van der Waals surface area contributed by atoms with Crippen LogP contribution < -0.4 is 20.1 Å². The zero-order valence-electron chi connectivity index (χ0n) is 6.39. The van der Waals surface area contributed by atoms with Gasteiger partial charge in [-0.15, -0.1) is 0 Å². The number of nitrogens with one attached hydrogen (secondary N) is 2. The number of fused-ring (bicyclic) bond motifs is 2. The van der Waals surface area contributed by atoms with Gasteiger partial charge < -0.3 is 20.1 Å². The van der Waals surface area contributed by atoms with E-state index < -0.39 is 0 Å². The predicted molar refractivity (Wildman–Crippen MR) is 44.7 cm³/mol. The molecule has 2 heterocycles. The molecule has 0 amide bonds. The molecule has 62 valence electrons. The van der Waals surface area contributed by atoms with Gasteiger partial charge in [-0.05, 0) is 6.07 Å². The van der Waals surface area contributed by atoms with E-state index in [2.05, 4.69) is 10.6 Å².